The molecule has 1 saturated carbocycles. The summed E-state index contributed by atoms with van der Waals surface area (Å²) in [5.41, 5.74) is 0. The lowest BCUT2D eigenvalue weighted by atomic mass is 10.3. The van der Waals surface area contributed by atoms with Crippen molar-refractivity contribution in [2.45, 2.75) is 31.5 Å². The predicted molar refractivity (Wildman–Crippen MR) is 59.0 cm³/mol. The molecule has 2 rings (SSSR count). The van der Waals surface area contributed by atoms with Crippen LogP contribution in [0.4, 0.5) is 0 Å². The zero-order valence-electron chi connectivity index (χ0n) is 7.86. The van der Waals surface area contributed by atoms with Crippen LogP contribution in [-0.4, -0.2) is 27.3 Å². The van der Waals surface area contributed by atoms with Gasteiger partial charge in [0, 0.05) is 6.20 Å². The number of aliphatic hydroxyl groups is 1. The monoisotopic (exact) mass is 292 g/mol. The summed E-state index contributed by atoms with van der Waals surface area (Å²) in [6.45, 7) is 0. The molecule has 1 aromatic heterocycles. The minimum atomic E-state index is -0.411. The quantitative estimate of drug-likeness (QED) is 0.849. The Morgan fingerprint density at radius 3 is 3.00 bits per heavy atom. The van der Waals surface area contributed by atoms with Gasteiger partial charge in [-0.25, -0.2) is 4.98 Å². The molecule has 1 aliphatic carbocycles. The number of hydrogen-bond donors (Lipinski definition) is 1. The third-order valence-electron chi connectivity index (χ3n) is 2.36. The highest BCUT2D eigenvalue weighted by molar-refractivity contribution is 9.10. The Kier molecular flexibility index (Phi) is 3.43. The Labute approximate surface area is 101 Å². The summed E-state index contributed by atoms with van der Waals surface area (Å²) in [4.78, 5) is 7.74. The number of ether oxygens (including phenoxy) is 1. The molecule has 1 aliphatic rings. The molecule has 1 fully saturated rings. The van der Waals surface area contributed by atoms with Gasteiger partial charge in [0.15, 0.2) is 0 Å². The minimum absolute atomic E-state index is 0.140. The fourth-order valence-electron chi connectivity index (χ4n) is 1.60. The Bertz CT molecular complexity index is 364. The number of aromatic nitrogens is 2. The van der Waals surface area contributed by atoms with Crippen molar-refractivity contribution in [2.24, 2.45) is 0 Å². The average Bonchev–Trinajstić information content (AvgIpc) is 2.58. The molecule has 0 spiro atoms. The molecular weight excluding hydrogens is 283 g/mol. The summed E-state index contributed by atoms with van der Waals surface area (Å²) >= 11 is 8.92. The fourth-order valence-corrected chi connectivity index (χ4v) is 2.01. The zero-order valence-corrected chi connectivity index (χ0v) is 10.2. The third kappa shape index (κ3) is 2.59. The van der Waals surface area contributed by atoms with Crippen molar-refractivity contribution in [1.29, 1.82) is 0 Å². The molecule has 1 N–H and O–H groups in total. The molecule has 1 aromatic rings. The largest absolute Gasteiger partial charge is 0.471 e. The van der Waals surface area contributed by atoms with E-state index in [9.17, 15) is 5.11 Å². The average molecular weight is 294 g/mol. The lowest BCUT2D eigenvalue weighted by Gasteiger charge is -2.16. The van der Waals surface area contributed by atoms with Crippen molar-refractivity contribution < 1.29 is 9.84 Å². The standard InChI is InChI=1S/C9H10BrClN2O2/c10-5-4-12-9(11)13-8(5)15-7-3-1-2-6(7)14/h4,6-7,14H,1-3H2/t6-,7+/m1/s1. The first-order valence-corrected chi connectivity index (χ1v) is 5.86. The normalized spacial score (nSPS) is 25.5. The lowest BCUT2D eigenvalue weighted by molar-refractivity contribution is 0.0568. The van der Waals surface area contributed by atoms with Crippen LogP contribution >= 0.6 is 27.5 Å². The highest BCUT2D eigenvalue weighted by atomic mass is 79.9. The van der Waals surface area contributed by atoms with Gasteiger partial charge in [-0.3, -0.25) is 0 Å². The molecule has 82 valence electrons. The van der Waals surface area contributed by atoms with Gasteiger partial charge in [0.2, 0.25) is 11.2 Å². The number of rotatable bonds is 2. The second-order valence-electron chi connectivity index (χ2n) is 3.45. The number of nitrogens with zero attached hydrogens (tertiary/aromatic N) is 2. The maximum atomic E-state index is 9.59. The van der Waals surface area contributed by atoms with Crippen LogP contribution in [0.1, 0.15) is 19.3 Å². The third-order valence-corrected chi connectivity index (χ3v) is 3.09. The van der Waals surface area contributed by atoms with Gasteiger partial charge >= 0.3 is 0 Å². The molecule has 4 nitrogen and oxygen atoms in total. The van der Waals surface area contributed by atoms with Crippen molar-refractivity contribution in [3.63, 3.8) is 0 Å². The Morgan fingerprint density at radius 2 is 2.33 bits per heavy atom. The molecular formula is C9H10BrClN2O2. The smallest absolute Gasteiger partial charge is 0.232 e. The van der Waals surface area contributed by atoms with Crippen molar-refractivity contribution >= 4 is 27.5 Å². The summed E-state index contributed by atoms with van der Waals surface area (Å²) < 4.78 is 6.21. The van der Waals surface area contributed by atoms with Crippen molar-refractivity contribution in [2.75, 3.05) is 0 Å². The van der Waals surface area contributed by atoms with E-state index in [0.29, 0.717) is 10.4 Å². The van der Waals surface area contributed by atoms with Gasteiger partial charge in [-0.1, -0.05) is 0 Å². The first-order valence-electron chi connectivity index (χ1n) is 4.69. The first-order chi connectivity index (χ1) is 7.16. The summed E-state index contributed by atoms with van der Waals surface area (Å²) in [6, 6.07) is 0. The molecule has 0 unspecified atom stereocenters. The van der Waals surface area contributed by atoms with E-state index >= 15 is 0 Å². The number of halogens is 2. The van der Waals surface area contributed by atoms with Gasteiger partial charge in [0.25, 0.3) is 0 Å². The number of hydrogen-bond acceptors (Lipinski definition) is 4. The lowest BCUT2D eigenvalue weighted by Crippen LogP contribution is -2.26. The Balaban J connectivity index is 2.12. The van der Waals surface area contributed by atoms with E-state index in [1.807, 2.05) is 0 Å². The molecule has 15 heavy (non-hydrogen) atoms. The van der Waals surface area contributed by atoms with Crippen LogP contribution in [0, 0.1) is 0 Å². The topological polar surface area (TPSA) is 55.2 Å². The van der Waals surface area contributed by atoms with Crippen LogP contribution in [0.15, 0.2) is 10.7 Å². The van der Waals surface area contributed by atoms with Gasteiger partial charge in [-0.05, 0) is 46.8 Å². The maximum absolute atomic E-state index is 9.59. The van der Waals surface area contributed by atoms with E-state index in [0.717, 1.165) is 19.3 Å². The van der Waals surface area contributed by atoms with Gasteiger partial charge in [0.05, 0.1) is 10.6 Å². The van der Waals surface area contributed by atoms with E-state index in [2.05, 4.69) is 25.9 Å². The molecule has 0 amide bonds. The summed E-state index contributed by atoms with van der Waals surface area (Å²) in [7, 11) is 0. The Morgan fingerprint density at radius 1 is 1.53 bits per heavy atom. The predicted octanol–water partition coefficient (Wildman–Crippen LogP) is 2.18. The molecule has 0 bridgehead atoms. The summed E-state index contributed by atoms with van der Waals surface area (Å²) in [5.74, 6) is 0.390. The zero-order chi connectivity index (χ0) is 10.8. The fraction of sp³-hybridized carbons (Fsp3) is 0.556. The SMILES string of the molecule is O[C@@H]1CCC[C@@H]1Oc1nc(Cl)ncc1Br. The summed E-state index contributed by atoms with van der Waals surface area (Å²) in [5, 5.41) is 9.73. The van der Waals surface area contributed by atoms with Crippen LogP contribution in [0.5, 0.6) is 5.88 Å². The van der Waals surface area contributed by atoms with Crippen LogP contribution in [0.3, 0.4) is 0 Å². The van der Waals surface area contributed by atoms with Gasteiger partial charge in [-0.2, -0.15) is 4.98 Å². The van der Waals surface area contributed by atoms with Gasteiger partial charge < -0.3 is 9.84 Å². The second kappa shape index (κ2) is 4.63. The van der Waals surface area contributed by atoms with Gasteiger partial charge in [0.1, 0.15) is 6.10 Å². The number of aliphatic hydroxyl groups excluding tert-OH is 1. The molecule has 2 atom stereocenters. The second-order valence-corrected chi connectivity index (χ2v) is 4.64. The molecule has 0 aliphatic heterocycles. The van der Waals surface area contributed by atoms with E-state index in [-0.39, 0.29) is 11.4 Å². The Hall–Kier alpha value is -0.390. The molecule has 6 heteroatoms. The first kappa shape index (κ1) is 11.1. The van der Waals surface area contributed by atoms with Crippen molar-refractivity contribution in [1.82, 2.24) is 9.97 Å². The van der Waals surface area contributed by atoms with Crippen LogP contribution in [-0.2, 0) is 0 Å². The maximum Gasteiger partial charge on any atom is 0.232 e. The van der Waals surface area contributed by atoms with E-state index in [1.165, 1.54) is 6.20 Å². The minimum Gasteiger partial charge on any atom is -0.471 e. The van der Waals surface area contributed by atoms with Gasteiger partial charge in [-0.15, -0.1) is 0 Å². The van der Waals surface area contributed by atoms with E-state index in [4.69, 9.17) is 16.3 Å². The molecule has 0 saturated heterocycles. The highest BCUT2D eigenvalue weighted by Gasteiger charge is 2.28. The van der Waals surface area contributed by atoms with Crippen molar-refractivity contribution in [3.8, 4) is 5.88 Å². The van der Waals surface area contributed by atoms with Crippen LogP contribution in [0.2, 0.25) is 5.28 Å². The van der Waals surface area contributed by atoms with E-state index < -0.39 is 6.10 Å². The van der Waals surface area contributed by atoms with E-state index in [1.54, 1.807) is 0 Å². The molecule has 1 heterocycles. The molecule has 0 aromatic carbocycles. The van der Waals surface area contributed by atoms with Crippen LogP contribution < -0.4 is 4.74 Å². The summed E-state index contributed by atoms with van der Waals surface area (Å²) in [6.07, 6.45) is 3.53. The molecule has 0 radical (unpaired) electrons. The van der Waals surface area contributed by atoms with Crippen LogP contribution in [0.25, 0.3) is 0 Å². The van der Waals surface area contributed by atoms with Crippen molar-refractivity contribution in [3.05, 3.63) is 16.0 Å². The highest BCUT2D eigenvalue weighted by Crippen LogP contribution is 2.28.